The Morgan fingerprint density at radius 1 is 1.67 bits per heavy atom. The Bertz CT molecular complexity index is 346. The lowest BCUT2D eigenvalue weighted by Crippen LogP contribution is -2.31. The van der Waals surface area contributed by atoms with Crippen molar-refractivity contribution in [3.8, 4) is 0 Å². The largest absolute Gasteiger partial charge is 0.370 e. The summed E-state index contributed by atoms with van der Waals surface area (Å²) in [6, 6.07) is 4.25. The van der Waals surface area contributed by atoms with E-state index in [4.69, 9.17) is 5.73 Å². The van der Waals surface area contributed by atoms with Crippen LogP contribution in [0.4, 0.5) is 0 Å². The van der Waals surface area contributed by atoms with Gasteiger partial charge in [-0.05, 0) is 34.7 Å². The molecule has 1 heterocycles. The first kappa shape index (κ1) is 12.5. The summed E-state index contributed by atoms with van der Waals surface area (Å²) in [5.74, 6) is 0.487. The van der Waals surface area contributed by atoms with Crippen molar-refractivity contribution in [2.75, 3.05) is 13.1 Å². The number of guanidine groups is 1. The van der Waals surface area contributed by atoms with E-state index in [1.165, 1.54) is 7.76 Å². The molecule has 3 nitrogen and oxygen atoms in total. The lowest BCUT2D eigenvalue weighted by molar-refractivity contribution is 0.940. The molecule has 0 atom stereocenters. The smallest absolute Gasteiger partial charge is 0.188 e. The molecule has 0 aromatic carbocycles. The van der Waals surface area contributed by atoms with Gasteiger partial charge >= 0.3 is 0 Å². The first-order valence-corrected chi connectivity index (χ1v) is 6.51. The maximum Gasteiger partial charge on any atom is 0.188 e. The Labute approximate surface area is 108 Å². The zero-order chi connectivity index (χ0) is 11.1. The minimum Gasteiger partial charge on any atom is -0.370 e. The van der Waals surface area contributed by atoms with Crippen LogP contribution in [-0.4, -0.2) is 19.0 Å². The van der Waals surface area contributed by atoms with Crippen molar-refractivity contribution in [2.24, 2.45) is 10.7 Å². The molecule has 0 aliphatic rings. The molecule has 3 N–H and O–H groups in total. The third-order valence-corrected chi connectivity index (χ3v) is 3.65. The van der Waals surface area contributed by atoms with E-state index in [9.17, 15) is 0 Å². The summed E-state index contributed by atoms with van der Waals surface area (Å²) in [7, 11) is 0. The fourth-order valence-electron chi connectivity index (χ4n) is 1.01. The molecule has 0 aliphatic carbocycles. The van der Waals surface area contributed by atoms with Gasteiger partial charge in [-0.3, -0.25) is 4.99 Å². The normalized spacial score (nSPS) is 11.4. The van der Waals surface area contributed by atoms with Gasteiger partial charge in [0.25, 0.3) is 0 Å². The second-order valence-corrected chi connectivity index (χ2v) is 5.95. The number of hydrogen-bond donors (Lipinski definition) is 2. The van der Waals surface area contributed by atoms with Crippen LogP contribution in [0, 0.1) is 2.88 Å². The standard InChI is InChI=1S/C10H14IN3S/c1-2-6-13-10(12)14-7-5-8-3-4-9(11)15-8/h2-4H,1,5-7H2,(H3,12,13,14). The van der Waals surface area contributed by atoms with Gasteiger partial charge in [-0.15, -0.1) is 17.9 Å². The van der Waals surface area contributed by atoms with Gasteiger partial charge in [0, 0.05) is 24.4 Å². The molecule has 0 bridgehead atoms. The van der Waals surface area contributed by atoms with E-state index < -0.39 is 0 Å². The summed E-state index contributed by atoms with van der Waals surface area (Å²) in [6.07, 6.45) is 2.70. The van der Waals surface area contributed by atoms with Gasteiger partial charge in [0.05, 0.1) is 2.88 Å². The zero-order valence-corrected chi connectivity index (χ0v) is 11.3. The van der Waals surface area contributed by atoms with Crippen LogP contribution in [0.1, 0.15) is 4.88 Å². The fraction of sp³-hybridized carbons (Fsp3) is 0.300. The molecule has 0 saturated carbocycles. The van der Waals surface area contributed by atoms with Crippen LogP contribution in [0.3, 0.4) is 0 Å². The monoisotopic (exact) mass is 335 g/mol. The van der Waals surface area contributed by atoms with Crippen LogP contribution < -0.4 is 11.1 Å². The van der Waals surface area contributed by atoms with Crippen molar-refractivity contribution in [1.29, 1.82) is 0 Å². The highest BCUT2D eigenvalue weighted by atomic mass is 127. The van der Waals surface area contributed by atoms with Crippen LogP contribution in [0.5, 0.6) is 0 Å². The summed E-state index contributed by atoms with van der Waals surface area (Å²) < 4.78 is 1.31. The number of halogens is 1. The SMILES string of the molecule is C=CCNC(N)=NCCc1ccc(I)s1. The molecule has 0 aliphatic heterocycles. The van der Waals surface area contributed by atoms with Gasteiger partial charge in [-0.1, -0.05) is 6.08 Å². The third kappa shape index (κ3) is 5.17. The summed E-state index contributed by atoms with van der Waals surface area (Å²) >= 11 is 4.12. The van der Waals surface area contributed by atoms with Gasteiger partial charge in [0.2, 0.25) is 0 Å². The number of nitrogens with zero attached hydrogens (tertiary/aromatic N) is 1. The molecule has 0 unspecified atom stereocenters. The summed E-state index contributed by atoms with van der Waals surface area (Å²) in [5, 5.41) is 2.94. The highest BCUT2D eigenvalue weighted by Crippen LogP contribution is 2.18. The second-order valence-electron chi connectivity index (χ2n) is 2.89. The minimum atomic E-state index is 0.487. The number of nitrogens with one attached hydrogen (secondary N) is 1. The van der Waals surface area contributed by atoms with Crippen molar-refractivity contribution in [3.63, 3.8) is 0 Å². The molecule has 15 heavy (non-hydrogen) atoms. The molecule has 5 heteroatoms. The molecule has 0 saturated heterocycles. The first-order valence-electron chi connectivity index (χ1n) is 4.61. The van der Waals surface area contributed by atoms with Crippen LogP contribution in [0.25, 0.3) is 0 Å². The van der Waals surface area contributed by atoms with Crippen molar-refractivity contribution in [1.82, 2.24) is 5.32 Å². The molecule has 0 spiro atoms. The van der Waals surface area contributed by atoms with Crippen molar-refractivity contribution in [3.05, 3.63) is 32.5 Å². The Morgan fingerprint density at radius 2 is 2.47 bits per heavy atom. The predicted octanol–water partition coefficient (Wildman–Crippen LogP) is 1.99. The molecule has 82 valence electrons. The number of aliphatic imine (C=N–C) groups is 1. The number of hydrogen-bond acceptors (Lipinski definition) is 2. The molecule has 1 aromatic rings. The van der Waals surface area contributed by atoms with E-state index in [1.807, 2.05) is 0 Å². The molecule has 1 rings (SSSR count). The number of nitrogens with two attached hydrogens (primary N) is 1. The predicted molar refractivity (Wildman–Crippen MR) is 75.4 cm³/mol. The van der Waals surface area contributed by atoms with Gasteiger partial charge in [0.15, 0.2) is 5.96 Å². The Balaban J connectivity index is 2.28. The van der Waals surface area contributed by atoms with Crippen LogP contribution in [0.2, 0.25) is 0 Å². The lowest BCUT2D eigenvalue weighted by Gasteiger charge is -2.01. The highest BCUT2D eigenvalue weighted by Gasteiger charge is 1.96. The van der Waals surface area contributed by atoms with Gasteiger partial charge in [-0.25, -0.2) is 0 Å². The summed E-state index contributed by atoms with van der Waals surface area (Å²) in [6.45, 7) is 4.98. The maximum atomic E-state index is 5.62. The fourth-order valence-corrected chi connectivity index (χ4v) is 2.75. The third-order valence-electron chi connectivity index (χ3n) is 1.70. The maximum absolute atomic E-state index is 5.62. The summed E-state index contributed by atoms with van der Waals surface area (Å²) in [4.78, 5) is 5.55. The van der Waals surface area contributed by atoms with E-state index in [1.54, 1.807) is 17.4 Å². The van der Waals surface area contributed by atoms with Crippen LogP contribution in [-0.2, 0) is 6.42 Å². The molecule has 0 fully saturated rings. The van der Waals surface area contributed by atoms with Crippen LogP contribution >= 0.6 is 33.9 Å². The average Bonchev–Trinajstić information content (AvgIpc) is 2.61. The van der Waals surface area contributed by atoms with Crippen molar-refractivity contribution < 1.29 is 0 Å². The van der Waals surface area contributed by atoms with E-state index >= 15 is 0 Å². The number of rotatable bonds is 5. The van der Waals surface area contributed by atoms with E-state index in [-0.39, 0.29) is 0 Å². The Morgan fingerprint density at radius 3 is 3.07 bits per heavy atom. The second kappa shape index (κ2) is 6.84. The van der Waals surface area contributed by atoms with Crippen molar-refractivity contribution >= 4 is 39.9 Å². The van der Waals surface area contributed by atoms with E-state index in [0.717, 1.165) is 13.0 Å². The average molecular weight is 335 g/mol. The highest BCUT2D eigenvalue weighted by molar-refractivity contribution is 14.1. The topological polar surface area (TPSA) is 50.4 Å². The molecule has 1 aromatic heterocycles. The lowest BCUT2D eigenvalue weighted by atomic mass is 10.3. The van der Waals surface area contributed by atoms with Gasteiger partial charge < -0.3 is 11.1 Å². The van der Waals surface area contributed by atoms with E-state index in [2.05, 4.69) is 51.6 Å². The summed E-state index contributed by atoms with van der Waals surface area (Å²) in [5.41, 5.74) is 5.62. The molecular weight excluding hydrogens is 321 g/mol. The first-order chi connectivity index (χ1) is 7.22. The zero-order valence-electron chi connectivity index (χ0n) is 8.37. The quantitative estimate of drug-likeness (QED) is 0.374. The van der Waals surface area contributed by atoms with E-state index in [0.29, 0.717) is 12.5 Å². The molecular formula is C10H14IN3S. The van der Waals surface area contributed by atoms with Crippen molar-refractivity contribution in [2.45, 2.75) is 6.42 Å². The molecule has 0 amide bonds. The Kier molecular flexibility index (Phi) is 5.70. The number of thiophene rings is 1. The van der Waals surface area contributed by atoms with Crippen LogP contribution in [0.15, 0.2) is 29.8 Å². The molecule has 0 radical (unpaired) electrons. The van der Waals surface area contributed by atoms with Gasteiger partial charge in [0.1, 0.15) is 0 Å². The van der Waals surface area contributed by atoms with Gasteiger partial charge in [-0.2, -0.15) is 0 Å². The Hall–Kier alpha value is -0.560. The minimum absolute atomic E-state index is 0.487.